The number of imidazole rings is 1. The fraction of sp³-hybridized carbons (Fsp3) is 0.500. The van der Waals surface area contributed by atoms with Gasteiger partial charge in [-0.05, 0) is 57.2 Å². The zero-order chi connectivity index (χ0) is 20.8. The fourth-order valence-corrected chi connectivity index (χ4v) is 4.86. The Labute approximate surface area is 174 Å². The van der Waals surface area contributed by atoms with E-state index >= 15 is 0 Å². The van der Waals surface area contributed by atoms with Gasteiger partial charge in [0.15, 0.2) is 0 Å². The van der Waals surface area contributed by atoms with Crippen LogP contribution in [0.15, 0.2) is 22.7 Å². The molecule has 2 aromatic heterocycles. The molecule has 0 radical (unpaired) electrons. The summed E-state index contributed by atoms with van der Waals surface area (Å²) in [6.07, 6.45) is 4.00. The first-order valence-electron chi connectivity index (χ1n) is 10.5. The summed E-state index contributed by atoms with van der Waals surface area (Å²) >= 11 is 0. The number of amides is 1. The van der Waals surface area contributed by atoms with Crippen molar-refractivity contribution in [2.75, 3.05) is 13.7 Å². The maximum absolute atomic E-state index is 11.7. The molecule has 1 atom stereocenters. The van der Waals surface area contributed by atoms with Crippen molar-refractivity contribution in [3.63, 3.8) is 0 Å². The molecule has 1 amide bonds. The van der Waals surface area contributed by atoms with Crippen molar-refractivity contribution >= 4 is 17.1 Å². The van der Waals surface area contributed by atoms with Gasteiger partial charge in [0, 0.05) is 18.7 Å². The summed E-state index contributed by atoms with van der Waals surface area (Å²) in [4.78, 5) is 16.7. The van der Waals surface area contributed by atoms with Crippen LogP contribution in [-0.2, 0) is 9.47 Å². The number of rotatable bonds is 4. The van der Waals surface area contributed by atoms with Gasteiger partial charge in [-0.2, -0.15) is 0 Å². The largest absolute Gasteiger partial charge is 0.447 e. The molecule has 5 rings (SSSR count). The van der Waals surface area contributed by atoms with E-state index < -0.39 is 6.09 Å². The second-order valence-corrected chi connectivity index (χ2v) is 8.20. The maximum Gasteiger partial charge on any atom is 0.407 e. The lowest BCUT2D eigenvalue weighted by atomic mass is 9.92. The molecule has 30 heavy (non-hydrogen) atoms. The highest BCUT2D eigenvalue weighted by atomic mass is 16.6. The van der Waals surface area contributed by atoms with E-state index in [1.54, 1.807) is 7.11 Å². The van der Waals surface area contributed by atoms with Crippen molar-refractivity contribution in [2.45, 2.75) is 57.7 Å². The summed E-state index contributed by atoms with van der Waals surface area (Å²) in [6, 6.07) is 6.38. The molecule has 8 heteroatoms. The number of alkyl carbamates (subject to hydrolysis) is 1. The molecule has 1 aromatic carbocycles. The van der Waals surface area contributed by atoms with Crippen molar-refractivity contribution in [3.05, 3.63) is 35.5 Å². The fourth-order valence-electron chi connectivity index (χ4n) is 4.86. The number of carbonyl (C=O) groups is 1. The van der Waals surface area contributed by atoms with E-state index in [1.165, 1.54) is 0 Å². The molecule has 0 spiro atoms. The number of cyclic esters (lactones) is 1. The summed E-state index contributed by atoms with van der Waals surface area (Å²) in [5.74, 6) is 1.65. The highest BCUT2D eigenvalue weighted by Gasteiger charge is 2.33. The number of nitrogens with zero attached hydrogens (tertiary/aromatic N) is 3. The van der Waals surface area contributed by atoms with Gasteiger partial charge in [0.25, 0.3) is 0 Å². The Hall–Kier alpha value is -2.87. The average molecular weight is 410 g/mol. The van der Waals surface area contributed by atoms with Crippen molar-refractivity contribution in [1.29, 1.82) is 0 Å². The third kappa shape index (κ3) is 3.15. The molecule has 2 aliphatic rings. The Morgan fingerprint density at radius 2 is 2.00 bits per heavy atom. The lowest BCUT2D eigenvalue weighted by molar-refractivity contribution is 0.0583. The molecule has 1 saturated carbocycles. The van der Waals surface area contributed by atoms with Crippen molar-refractivity contribution in [2.24, 2.45) is 0 Å². The second-order valence-electron chi connectivity index (χ2n) is 8.20. The smallest absolute Gasteiger partial charge is 0.407 e. The minimum Gasteiger partial charge on any atom is -0.447 e. The molecule has 1 unspecified atom stereocenters. The zero-order valence-corrected chi connectivity index (χ0v) is 17.5. The van der Waals surface area contributed by atoms with Crippen LogP contribution in [0, 0.1) is 13.8 Å². The van der Waals surface area contributed by atoms with Crippen LogP contribution in [0.3, 0.4) is 0 Å². The number of nitrogens with one attached hydrogen (secondary N) is 1. The van der Waals surface area contributed by atoms with Gasteiger partial charge >= 0.3 is 6.09 Å². The van der Waals surface area contributed by atoms with Crippen molar-refractivity contribution in [3.8, 4) is 11.1 Å². The third-order valence-corrected chi connectivity index (χ3v) is 6.37. The minimum absolute atomic E-state index is 0.243. The monoisotopic (exact) mass is 410 g/mol. The van der Waals surface area contributed by atoms with Gasteiger partial charge in [-0.1, -0.05) is 11.2 Å². The molecule has 158 valence electrons. The summed E-state index contributed by atoms with van der Waals surface area (Å²) < 4.78 is 18.4. The predicted molar refractivity (Wildman–Crippen MR) is 110 cm³/mol. The number of benzene rings is 1. The van der Waals surface area contributed by atoms with E-state index in [0.717, 1.165) is 65.1 Å². The van der Waals surface area contributed by atoms with Crippen LogP contribution in [0.1, 0.15) is 55.0 Å². The topological polar surface area (TPSA) is 91.4 Å². The number of methoxy groups -OCH3 is 1. The van der Waals surface area contributed by atoms with Gasteiger partial charge in [-0.25, -0.2) is 9.78 Å². The van der Waals surface area contributed by atoms with E-state index in [2.05, 4.69) is 33.2 Å². The molecule has 3 heterocycles. The number of aryl methyl sites for hydroxylation is 2. The summed E-state index contributed by atoms with van der Waals surface area (Å²) in [5.41, 5.74) is 4.87. The number of ether oxygens (including phenoxy) is 2. The molecule has 3 aromatic rings. The Kier molecular flexibility index (Phi) is 4.73. The summed E-state index contributed by atoms with van der Waals surface area (Å²) in [6.45, 7) is 4.16. The molecule has 1 N–H and O–H groups in total. The van der Waals surface area contributed by atoms with Gasteiger partial charge in [-0.3, -0.25) is 0 Å². The number of fused-ring (bicyclic) bond motifs is 1. The summed E-state index contributed by atoms with van der Waals surface area (Å²) in [5, 5.41) is 6.98. The van der Waals surface area contributed by atoms with Crippen LogP contribution >= 0.6 is 0 Å². The summed E-state index contributed by atoms with van der Waals surface area (Å²) in [7, 11) is 1.78. The van der Waals surface area contributed by atoms with Crippen LogP contribution < -0.4 is 5.32 Å². The van der Waals surface area contributed by atoms with Crippen LogP contribution in [0.25, 0.3) is 22.2 Å². The highest BCUT2D eigenvalue weighted by Crippen LogP contribution is 2.37. The van der Waals surface area contributed by atoms with E-state index in [9.17, 15) is 4.79 Å². The van der Waals surface area contributed by atoms with Crippen molar-refractivity contribution in [1.82, 2.24) is 20.0 Å². The van der Waals surface area contributed by atoms with Gasteiger partial charge in [0.05, 0.1) is 22.8 Å². The molecular formula is C22H26N4O4. The number of hydrogen-bond acceptors (Lipinski definition) is 6. The van der Waals surface area contributed by atoms with E-state index in [1.807, 2.05) is 13.8 Å². The molecule has 2 fully saturated rings. The molecule has 0 bridgehead atoms. The molecule has 1 aliphatic heterocycles. The van der Waals surface area contributed by atoms with Crippen LogP contribution in [0.2, 0.25) is 0 Å². The molecule has 8 nitrogen and oxygen atoms in total. The minimum atomic E-state index is -0.391. The first-order chi connectivity index (χ1) is 14.5. The van der Waals surface area contributed by atoms with E-state index in [0.29, 0.717) is 18.8 Å². The SMILES string of the molecule is COC1CCC(n2c(C3COC(=O)N3)nc3cc(-c4c(C)noc4C)ccc32)CC1. The van der Waals surface area contributed by atoms with Crippen LogP contribution in [-0.4, -0.2) is 40.6 Å². The molecule has 1 saturated heterocycles. The Balaban J connectivity index is 1.60. The quantitative estimate of drug-likeness (QED) is 0.692. The first-order valence-corrected chi connectivity index (χ1v) is 10.5. The Morgan fingerprint density at radius 1 is 1.20 bits per heavy atom. The zero-order valence-electron chi connectivity index (χ0n) is 17.5. The second kappa shape index (κ2) is 7.43. The molecular weight excluding hydrogens is 384 g/mol. The van der Waals surface area contributed by atoms with Crippen LogP contribution in [0.5, 0.6) is 0 Å². The Morgan fingerprint density at radius 3 is 2.63 bits per heavy atom. The highest BCUT2D eigenvalue weighted by molar-refractivity contribution is 5.84. The number of aromatic nitrogens is 3. The lowest BCUT2D eigenvalue weighted by Gasteiger charge is -2.30. The maximum atomic E-state index is 11.7. The lowest BCUT2D eigenvalue weighted by Crippen LogP contribution is -2.27. The van der Waals surface area contributed by atoms with Gasteiger partial charge in [0.2, 0.25) is 0 Å². The molecule has 1 aliphatic carbocycles. The van der Waals surface area contributed by atoms with E-state index in [4.69, 9.17) is 19.0 Å². The average Bonchev–Trinajstić information content (AvgIpc) is 3.44. The Bertz CT molecular complexity index is 1070. The van der Waals surface area contributed by atoms with Crippen molar-refractivity contribution < 1.29 is 18.8 Å². The standard InChI is InChI=1S/C22H26N4O4/c1-12-20(13(2)30-25-12)14-4-9-19-17(10-14)23-21(18-11-29-22(27)24-18)26(19)15-5-7-16(28-3)8-6-15/h4,9-10,15-16,18H,5-8,11H2,1-3H3,(H,24,27). The third-order valence-electron chi connectivity index (χ3n) is 6.37. The van der Waals surface area contributed by atoms with Crippen LogP contribution in [0.4, 0.5) is 4.79 Å². The van der Waals surface area contributed by atoms with E-state index in [-0.39, 0.29) is 6.04 Å². The normalized spacial score (nSPS) is 24.2. The first kappa shape index (κ1) is 19.1. The van der Waals surface area contributed by atoms with Gasteiger partial charge in [-0.15, -0.1) is 0 Å². The predicted octanol–water partition coefficient (Wildman–Crippen LogP) is 4.22. The number of hydrogen-bond donors (Lipinski definition) is 1. The number of carbonyl (C=O) groups excluding carboxylic acids is 1. The van der Waals surface area contributed by atoms with Gasteiger partial charge < -0.3 is 23.9 Å². The van der Waals surface area contributed by atoms with Gasteiger partial charge in [0.1, 0.15) is 24.2 Å².